The van der Waals surface area contributed by atoms with Crippen LogP contribution in [0, 0.1) is 6.07 Å². The van der Waals surface area contributed by atoms with Gasteiger partial charge in [-0.25, -0.2) is 4.79 Å². The Hall–Kier alpha value is -1.51. The number of ether oxygens (including phenoxy) is 1. The van der Waals surface area contributed by atoms with Gasteiger partial charge in [-0.2, -0.15) is 0 Å². The zero-order valence-corrected chi connectivity index (χ0v) is 6.70. The Kier molecular flexibility index (Phi) is 2.69. The standard InChI is InChI=1S/C9H9O3/c1-2-12-9(11)7-5-3-4-6-8(7)10/h3,5-6,10H,2H2,1H3. The summed E-state index contributed by atoms with van der Waals surface area (Å²) < 4.78 is 4.70. The summed E-state index contributed by atoms with van der Waals surface area (Å²) >= 11 is 0. The molecule has 0 unspecified atom stereocenters. The Morgan fingerprint density at radius 2 is 2.50 bits per heavy atom. The first-order valence-electron chi connectivity index (χ1n) is 3.62. The van der Waals surface area contributed by atoms with Gasteiger partial charge in [0, 0.05) is 0 Å². The lowest BCUT2D eigenvalue weighted by Gasteiger charge is -2.02. The Labute approximate surface area is 70.6 Å². The minimum atomic E-state index is -0.510. The molecule has 0 fully saturated rings. The molecular weight excluding hydrogens is 156 g/mol. The van der Waals surface area contributed by atoms with Crippen LogP contribution in [-0.4, -0.2) is 17.7 Å². The van der Waals surface area contributed by atoms with Gasteiger partial charge in [0.25, 0.3) is 0 Å². The molecule has 0 aliphatic heterocycles. The summed E-state index contributed by atoms with van der Waals surface area (Å²) in [5.74, 6) is -0.611. The van der Waals surface area contributed by atoms with Crippen molar-refractivity contribution in [3.8, 4) is 5.75 Å². The highest BCUT2D eigenvalue weighted by atomic mass is 16.5. The second-order valence-corrected chi connectivity index (χ2v) is 2.16. The summed E-state index contributed by atoms with van der Waals surface area (Å²) in [6.07, 6.45) is 0. The number of hydrogen-bond donors (Lipinski definition) is 1. The van der Waals surface area contributed by atoms with E-state index in [0.717, 1.165) is 0 Å². The minimum absolute atomic E-state index is 0.101. The molecule has 0 heterocycles. The van der Waals surface area contributed by atoms with E-state index >= 15 is 0 Å². The summed E-state index contributed by atoms with van der Waals surface area (Å²) in [5, 5.41) is 9.18. The van der Waals surface area contributed by atoms with Crippen molar-refractivity contribution in [1.82, 2.24) is 0 Å². The van der Waals surface area contributed by atoms with E-state index in [4.69, 9.17) is 4.74 Å². The molecule has 1 radical (unpaired) electrons. The van der Waals surface area contributed by atoms with E-state index in [-0.39, 0.29) is 11.3 Å². The fraction of sp³-hybridized carbons (Fsp3) is 0.222. The number of carbonyl (C=O) groups excluding carboxylic acids is 1. The third-order valence-electron chi connectivity index (χ3n) is 1.34. The molecule has 63 valence electrons. The maximum Gasteiger partial charge on any atom is 0.341 e. The van der Waals surface area contributed by atoms with Gasteiger partial charge in [0.2, 0.25) is 0 Å². The first kappa shape index (κ1) is 8.59. The van der Waals surface area contributed by atoms with Gasteiger partial charge in [0.1, 0.15) is 11.3 Å². The molecule has 3 nitrogen and oxygen atoms in total. The molecule has 0 aliphatic rings. The summed E-state index contributed by atoms with van der Waals surface area (Å²) in [4.78, 5) is 11.1. The number of esters is 1. The Balaban J connectivity index is 2.87. The van der Waals surface area contributed by atoms with Gasteiger partial charge >= 0.3 is 5.97 Å². The van der Waals surface area contributed by atoms with Gasteiger partial charge in [-0.1, -0.05) is 6.07 Å². The van der Waals surface area contributed by atoms with Crippen LogP contribution in [0.5, 0.6) is 5.75 Å². The van der Waals surface area contributed by atoms with Crippen molar-refractivity contribution < 1.29 is 14.6 Å². The monoisotopic (exact) mass is 165 g/mol. The van der Waals surface area contributed by atoms with E-state index in [0.29, 0.717) is 6.61 Å². The van der Waals surface area contributed by atoms with Crippen molar-refractivity contribution in [2.45, 2.75) is 6.92 Å². The van der Waals surface area contributed by atoms with Gasteiger partial charge < -0.3 is 9.84 Å². The summed E-state index contributed by atoms with van der Waals surface area (Å²) in [6.45, 7) is 2.01. The van der Waals surface area contributed by atoms with E-state index in [1.165, 1.54) is 12.1 Å². The van der Waals surface area contributed by atoms with E-state index in [1.54, 1.807) is 13.0 Å². The van der Waals surface area contributed by atoms with Crippen molar-refractivity contribution in [3.05, 3.63) is 29.8 Å². The topological polar surface area (TPSA) is 46.5 Å². The van der Waals surface area contributed by atoms with Crippen LogP contribution in [0.3, 0.4) is 0 Å². The molecule has 1 aromatic carbocycles. The molecule has 0 spiro atoms. The predicted octanol–water partition coefficient (Wildman–Crippen LogP) is 1.37. The number of benzene rings is 1. The number of aromatic hydroxyl groups is 1. The number of rotatable bonds is 2. The molecule has 1 rings (SSSR count). The molecular formula is C9H9O3. The van der Waals surface area contributed by atoms with Crippen molar-refractivity contribution >= 4 is 5.97 Å². The van der Waals surface area contributed by atoms with Crippen LogP contribution in [0.15, 0.2) is 18.2 Å². The first-order chi connectivity index (χ1) is 5.75. The van der Waals surface area contributed by atoms with Crippen molar-refractivity contribution in [2.75, 3.05) is 6.61 Å². The van der Waals surface area contributed by atoms with Gasteiger partial charge in [-0.05, 0) is 25.1 Å². The van der Waals surface area contributed by atoms with Crippen LogP contribution in [-0.2, 0) is 4.74 Å². The molecule has 1 N–H and O–H groups in total. The van der Waals surface area contributed by atoms with Gasteiger partial charge in [-0.3, -0.25) is 0 Å². The molecule has 0 bridgehead atoms. The van der Waals surface area contributed by atoms with Crippen molar-refractivity contribution in [1.29, 1.82) is 0 Å². The number of phenolic OH excluding ortho intramolecular Hbond substituents is 1. The van der Waals surface area contributed by atoms with E-state index in [9.17, 15) is 9.90 Å². The van der Waals surface area contributed by atoms with E-state index in [2.05, 4.69) is 6.07 Å². The number of phenols is 1. The zero-order valence-electron chi connectivity index (χ0n) is 6.70. The van der Waals surface area contributed by atoms with Crippen LogP contribution >= 0.6 is 0 Å². The molecule has 0 aromatic heterocycles. The second-order valence-electron chi connectivity index (χ2n) is 2.16. The average Bonchev–Trinajstić information content (AvgIpc) is 2.05. The summed E-state index contributed by atoms with van der Waals surface area (Å²) in [5.41, 5.74) is 0.176. The molecule has 1 aromatic rings. The quantitative estimate of drug-likeness (QED) is 0.673. The van der Waals surface area contributed by atoms with Gasteiger partial charge in [0.05, 0.1) is 6.61 Å². The highest BCUT2D eigenvalue weighted by molar-refractivity contribution is 5.92. The smallest absolute Gasteiger partial charge is 0.341 e. The number of hydrogen-bond acceptors (Lipinski definition) is 3. The van der Waals surface area contributed by atoms with Crippen LogP contribution < -0.4 is 0 Å². The van der Waals surface area contributed by atoms with Crippen molar-refractivity contribution in [3.63, 3.8) is 0 Å². The molecule has 0 atom stereocenters. The Morgan fingerprint density at radius 3 is 3.08 bits per heavy atom. The minimum Gasteiger partial charge on any atom is -0.507 e. The second kappa shape index (κ2) is 3.76. The number of carbonyl (C=O) groups is 1. The maximum atomic E-state index is 11.1. The molecule has 12 heavy (non-hydrogen) atoms. The lowest BCUT2D eigenvalue weighted by molar-refractivity contribution is 0.0523. The van der Waals surface area contributed by atoms with Crippen LogP contribution in [0.4, 0.5) is 0 Å². The zero-order chi connectivity index (χ0) is 8.97. The summed E-state index contributed by atoms with van der Waals surface area (Å²) in [6, 6.07) is 6.98. The predicted molar refractivity (Wildman–Crippen MR) is 42.9 cm³/mol. The molecule has 0 amide bonds. The fourth-order valence-electron chi connectivity index (χ4n) is 0.803. The van der Waals surface area contributed by atoms with Crippen LogP contribution in [0.25, 0.3) is 0 Å². The Morgan fingerprint density at radius 1 is 1.75 bits per heavy atom. The fourth-order valence-corrected chi connectivity index (χ4v) is 0.803. The third kappa shape index (κ3) is 1.75. The summed E-state index contributed by atoms with van der Waals surface area (Å²) in [7, 11) is 0. The average molecular weight is 165 g/mol. The molecule has 0 saturated heterocycles. The lowest BCUT2D eigenvalue weighted by Crippen LogP contribution is -2.04. The highest BCUT2D eigenvalue weighted by Gasteiger charge is 2.09. The van der Waals surface area contributed by atoms with Gasteiger partial charge in [-0.15, -0.1) is 0 Å². The maximum absolute atomic E-state index is 11.1. The van der Waals surface area contributed by atoms with Crippen molar-refractivity contribution in [2.24, 2.45) is 0 Å². The third-order valence-corrected chi connectivity index (χ3v) is 1.34. The van der Waals surface area contributed by atoms with E-state index < -0.39 is 5.97 Å². The van der Waals surface area contributed by atoms with Gasteiger partial charge in [0.15, 0.2) is 0 Å². The molecule has 3 heteroatoms. The van der Waals surface area contributed by atoms with Crippen LogP contribution in [0.1, 0.15) is 17.3 Å². The Bertz CT molecular complexity index is 281. The van der Waals surface area contributed by atoms with Crippen LogP contribution in [0.2, 0.25) is 0 Å². The SMILES string of the molecule is CCOC(=O)c1cc[c]cc1O. The first-order valence-corrected chi connectivity index (χ1v) is 3.62. The molecule has 0 saturated carbocycles. The highest BCUT2D eigenvalue weighted by Crippen LogP contribution is 2.15. The van der Waals surface area contributed by atoms with E-state index in [1.807, 2.05) is 0 Å². The normalized spacial score (nSPS) is 9.42. The molecule has 0 aliphatic carbocycles. The largest absolute Gasteiger partial charge is 0.507 e. The lowest BCUT2D eigenvalue weighted by atomic mass is 10.2.